The van der Waals surface area contributed by atoms with E-state index in [1.54, 1.807) is 0 Å². The van der Waals surface area contributed by atoms with Gasteiger partial charge < -0.3 is 70.0 Å². The van der Waals surface area contributed by atoms with Gasteiger partial charge in [-0.05, 0) is 64.2 Å². The highest BCUT2D eigenvalue weighted by molar-refractivity contribution is 7.47. The Labute approximate surface area is 437 Å². The number of nitrogens with one attached hydrogen (secondary N) is 1. The Morgan fingerprint density at radius 3 is 1.59 bits per heavy atom. The van der Waals surface area contributed by atoms with Gasteiger partial charge in [-0.2, -0.15) is 0 Å². The Morgan fingerprint density at radius 1 is 0.616 bits per heavy atom. The summed E-state index contributed by atoms with van der Waals surface area (Å²) in [4.78, 5) is 36.0. The summed E-state index contributed by atoms with van der Waals surface area (Å²) in [7, 11) is -4.76. The van der Waals surface area contributed by atoms with Crippen molar-refractivity contribution in [2.75, 3.05) is 46.1 Å². The molecule has 20 heteroatoms. The van der Waals surface area contributed by atoms with Crippen molar-refractivity contribution in [1.29, 1.82) is 0 Å². The molecule has 1 heterocycles. The normalized spacial score (nSPS) is 21.3. The molecule has 1 rings (SSSR count). The molecule has 0 aliphatic carbocycles. The summed E-state index contributed by atoms with van der Waals surface area (Å²) in [5, 5.41) is 83.8. The van der Waals surface area contributed by atoms with E-state index < -0.39 is 121 Å². The first-order valence-electron chi connectivity index (χ1n) is 27.8. The van der Waals surface area contributed by atoms with Crippen LogP contribution in [0.5, 0.6) is 0 Å². The SMILES string of the molecule is CCCCCCCC/C=C\CCCCCCCC(=O)OC[C@H](COP(=O)(O)OCCNCC(O)C(O)[C@H](O[C@@H]1O[C@H](CO)C(O)C(O)C1O)C(O)CO)OC(=O)CCCCCCC/C=C\CCCCCCCC. The number of ether oxygens (including phenoxy) is 4. The number of aliphatic hydroxyl groups excluding tert-OH is 8. The van der Waals surface area contributed by atoms with Crippen molar-refractivity contribution in [3.05, 3.63) is 24.3 Å². The number of allylic oxidation sites excluding steroid dienone is 4. The fourth-order valence-electron chi connectivity index (χ4n) is 8.17. The molecule has 19 nitrogen and oxygen atoms in total. The van der Waals surface area contributed by atoms with E-state index in [1.807, 2.05) is 0 Å². The topological polar surface area (TPSA) is 301 Å². The molecule has 1 saturated heterocycles. The third kappa shape index (κ3) is 35.2. The van der Waals surface area contributed by atoms with Gasteiger partial charge in [-0.3, -0.25) is 18.6 Å². The van der Waals surface area contributed by atoms with Gasteiger partial charge in [0.05, 0.1) is 32.5 Å². The number of unbranched alkanes of at least 4 members (excludes halogenated alkanes) is 22. The molecular formula is C53H100NO18P. The van der Waals surface area contributed by atoms with Gasteiger partial charge in [0.15, 0.2) is 12.4 Å². The van der Waals surface area contributed by atoms with E-state index in [0.717, 1.165) is 77.0 Å². The van der Waals surface area contributed by atoms with Crippen molar-refractivity contribution >= 4 is 19.8 Å². The molecule has 0 bridgehead atoms. The summed E-state index contributed by atoms with van der Waals surface area (Å²) >= 11 is 0. The number of rotatable bonds is 49. The van der Waals surface area contributed by atoms with Gasteiger partial charge in [0.25, 0.3) is 0 Å². The molecule has 7 unspecified atom stereocenters. The average molecular weight is 1070 g/mol. The van der Waals surface area contributed by atoms with Crippen LogP contribution in [0.3, 0.4) is 0 Å². The molecule has 1 aliphatic rings. The summed E-state index contributed by atoms with van der Waals surface area (Å²) in [6.07, 6.45) is 21.3. The van der Waals surface area contributed by atoms with E-state index in [1.165, 1.54) is 77.0 Å². The quantitative estimate of drug-likeness (QED) is 0.0135. The molecule has 1 fully saturated rings. The smallest absolute Gasteiger partial charge is 0.462 e. The first kappa shape index (κ1) is 69.1. The second-order valence-corrected chi connectivity index (χ2v) is 20.8. The van der Waals surface area contributed by atoms with Gasteiger partial charge in [0.1, 0.15) is 49.3 Å². The molecule has 0 aromatic rings. The first-order chi connectivity index (χ1) is 35.2. The van der Waals surface area contributed by atoms with Crippen LogP contribution in [0.1, 0.15) is 194 Å². The molecule has 0 radical (unpaired) electrons. The van der Waals surface area contributed by atoms with Crippen LogP contribution >= 0.6 is 7.82 Å². The molecule has 0 aromatic heterocycles. The Kier molecular flexibility index (Phi) is 42.7. The van der Waals surface area contributed by atoms with Gasteiger partial charge in [-0.25, -0.2) is 4.57 Å². The summed E-state index contributed by atoms with van der Waals surface area (Å²) in [6.45, 7) is 0.659. The summed E-state index contributed by atoms with van der Waals surface area (Å²) in [5.74, 6) is -1.05. The number of hydrogen-bond acceptors (Lipinski definition) is 18. The van der Waals surface area contributed by atoms with E-state index in [9.17, 15) is 59.9 Å². The lowest BCUT2D eigenvalue weighted by Crippen LogP contribution is -2.61. The Hall–Kier alpha value is -1.91. The fourth-order valence-corrected chi connectivity index (χ4v) is 8.93. The average Bonchev–Trinajstić information content (AvgIpc) is 3.37. The molecule has 0 aromatic carbocycles. The number of carbonyl (C=O) groups is 2. The molecule has 11 atom stereocenters. The number of carbonyl (C=O) groups excluding carboxylic acids is 2. The monoisotopic (exact) mass is 1070 g/mol. The standard InChI is InChI=1S/C53H100NO18P/c1-3-5-7-9-11-13-15-17-19-21-23-25-27-29-31-33-46(59)67-40-42(70-47(60)34-32-30-28-26-24-22-20-18-16-14-12-10-8-6-4-2)41-69-73(65,66)68-36-35-54-37-43(57)48(61)52(44(58)38-55)72-53-51(64)50(63)49(62)45(39-56)71-53/h17-20,42-45,48-58,61-64H,3-16,21-41H2,1-2H3,(H,65,66)/b19-17-,20-18-/t42-,43?,44?,45-,48?,49?,50?,51?,52-,53+/m1/s1. The van der Waals surface area contributed by atoms with Crippen molar-refractivity contribution < 1.29 is 87.9 Å². The van der Waals surface area contributed by atoms with Crippen molar-refractivity contribution in [3.63, 3.8) is 0 Å². The molecule has 430 valence electrons. The zero-order valence-corrected chi connectivity index (χ0v) is 45.4. The van der Waals surface area contributed by atoms with Gasteiger partial charge in [-0.15, -0.1) is 0 Å². The molecule has 0 amide bonds. The highest BCUT2D eigenvalue weighted by Crippen LogP contribution is 2.43. The minimum atomic E-state index is -4.76. The van der Waals surface area contributed by atoms with Crippen LogP contribution in [0, 0.1) is 0 Å². The molecule has 10 N–H and O–H groups in total. The third-order valence-electron chi connectivity index (χ3n) is 12.8. The number of aliphatic hydroxyl groups is 8. The Morgan fingerprint density at radius 2 is 1.10 bits per heavy atom. The minimum absolute atomic E-state index is 0.108. The van der Waals surface area contributed by atoms with Crippen molar-refractivity contribution in [3.8, 4) is 0 Å². The van der Waals surface area contributed by atoms with Gasteiger partial charge in [0.2, 0.25) is 0 Å². The minimum Gasteiger partial charge on any atom is -0.462 e. The van der Waals surface area contributed by atoms with Gasteiger partial charge in [-0.1, -0.05) is 141 Å². The fraction of sp³-hybridized carbons (Fsp3) is 0.887. The Bertz CT molecular complexity index is 1440. The van der Waals surface area contributed by atoms with Crippen LogP contribution in [0.15, 0.2) is 24.3 Å². The van der Waals surface area contributed by atoms with Crippen LogP contribution in [-0.4, -0.2) is 165 Å². The number of phosphoric ester groups is 1. The second kappa shape index (κ2) is 45.1. The molecule has 1 aliphatic heterocycles. The van der Waals surface area contributed by atoms with E-state index in [2.05, 4.69) is 43.5 Å². The Balaban J connectivity index is 2.59. The van der Waals surface area contributed by atoms with Gasteiger partial charge in [0, 0.05) is 25.9 Å². The van der Waals surface area contributed by atoms with E-state index in [4.69, 9.17) is 28.0 Å². The van der Waals surface area contributed by atoms with Crippen LogP contribution < -0.4 is 5.32 Å². The maximum atomic E-state index is 12.9. The maximum Gasteiger partial charge on any atom is 0.472 e. The lowest BCUT2D eigenvalue weighted by Gasteiger charge is -2.42. The molecule has 0 spiro atoms. The largest absolute Gasteiger partial charge is 0.472 e. The van der Waals surface area contributed by atoms with E-state index in [0.29, 0.717) is 12.8 Å². The summed E-state index contributed by atoms with van der Waals surface area (Å²) in [5.41, 5.74) is 0. The van der Waals surface area contributed by atoms with Crippen LogP contribution in [0.2, 0.25) is 0 Å². The summed E-state index contributed by atoms with van der Waals surface area (Å²) in [6, 6.07) is 0. The van der Waals surface area contributed by atoms with Crippen molar-refractivity contribution in [2.24, 2.45) is 0 Å². The van der Waals surface area contributed by atoms with E-state index in [-0.39, 0.29) is 19.4 Å². The molecule has 73 heavy (non-hydrogen) atoms. The van der Waals surface area contributed by atoms with Crippen LogP contribution in [-0.2, 0) is 42.1 Å². The number of hydrogen-bond donors (Lipinski definition) is 10. The van der Waals surface area contributed by atoms with Crippen LogP contribution in [0.25, 0.3) is 0 Å². The highest BCUT2D eigenvalue weighted by atomic mass is 31.2. The second-order valence-electron chi connectivity index (χ2n) is 19.4. The zero-order valence-electron chi connectivity index (χ0n) is 44.5. The predicted molar refractivity (Wildman–Crippen MR) is 278 cm³/mol. The molecular weight excluding hydrogens is 970 g/mol. The third-order valence-corrected chi connectivity index (χ3v) is 13.7. The van der Waals surface area contributed by atoms with Crippen LogP contribution in [0.4, 0.5) is 0 Å². The van der Waals surface area contributed by atoms with Crippen molar-refractivity contribution in [2.45, 2.75) is 255 Å². The van der Waals surface area contributed by atoms with Gasteiger partial charge >= 0.3 is 19.8 Å². The number of esters is 2. The first-order valence-corrected chi connectivity index (χ1v) is 29.3. The zero-order chi connectivity index (χ0) is 54.0. The lowest BCUT2D eigenvalue weighted by molar-refractivity contribution is -0.327. The molecule has 0 saturated carbocycles. The highest BCUT2D eigenvalue weighted by Gasteiger charge is 2.47. The number of phosphoric acid groups is 1. The maximum absolute atomic E-state index is 12.9. The summed E-state index contributed by atoms with van der Waals surface area (Å²) < 4.78 is 44.6. The van der Waals surface area contributed by atoms with Crippen molar-refractivity contribution in [1.82, 2.24) is 5.32 Å². The lowest BCUT2D eigenvalue weighted by atomic mass is 9.98. The van der Waals surface area contributed by atoms with E-state index >= 15 is 0 Å². The predicted octanol–water partition coefficient (Wildman–Crippen LogP) is 6.50.